The minimum absolute atomic E-state index is 0.130. The molecule has 1 aliphatic carbocycles. The monoisotopic (exact) mass is 609 g/mol. The molecule has 2 aliphatic rings. The van der Waals surface area contributed by atoms with E-state index < -0.39 is 37.9 Å². The number of carbonyl (C=O) groups excluding carboxylic acids is 2. The lowest BCUT2D eigenvalue weighted by atomic mass is 9.95. The van der Waals surface area contributed by atoms with Crippen LogP contribution in [0, 0.1) is 11.3 Å². The number of pyridine rings is 1. The summed E-state index contributed by atoms with van der Waals surface area (Å²) in [7, 11) is 5.24. The molecule has 4 aromatic rings. The van der Waals surface area contributed by atoms with E-state index in [0.717, 1.165) is 30.3 Å². The maximum absolute atomic E-state index is 13.7. The Morgan fingerprint density at radius 2 is 1.93 bits per heavy atom. The smallest absolute Gasteiger partial charge is 0.268 e. The van der Waals surface area contributed by atoms with E-state index >= 15 is 0 Å². The molecule has 234 valence electrons. The fourth-order valence-electron chi connectivity index (χ4n) is 5.82. The summed E-state index contributed by atoms with van der Waals surface area (Å²) in [6.07, 6.45) is 2.82. The molecule has 0 spiro atoms. The number of nitrogens with zero attached hydrogens (tertiary/aromatic N) is 6. The van der Waals surface area contributed by atoms with Crippen molar-refractivity contribution in [3.63, 3.8) is 0 Å². The Hall–Kier alpha value is -3.96. The van der Waals surface area contributed by atoms with Gasteiger partial charge in [-0.3, -0.25) is 14.6 Å². The molecule has 3 aromatic heterocycles. The molecule has 2 amide bonds. The molecule has 0 radical (unpaired) electrons. The van der Waals surface area contributed by atoms with Crippen molar-refractivity contribution < 1.29 is 26.7 Å². The zero-order chi connectivity index (χ0) is 39.0. The Bertz CT molecular complexity index is 2030. The van der Waals surface area contributed by atoms with E-state index in [-0.39, 0.29) is 17.6 Å². The van der Waals surface area contributed by atoms with Crippen molar-refractivity contribution in [2.45, 2.75) is 65.4 Å². The highest BCUT2D eigenvalue weighted by Crippen LogP contribution is 2.38. The lowest BCUT2D eigenvalue weighted by Crippen LogP contribution is -2.55. The van der Waals surface area contributed by atoms with Crippen molar-refractivity contribution in [1.29, 1.82) is 0 Å². The third-order valence-electron chi connectivity index (χ3n) is 8.54. The van der Waals surface area contributed by atoms with Gasteiger partial charge in [0.1, 0.15) is 16.9 Å². The topological polar surface area (TPSA) is 124 Å². The highest BCUT2D eigenvalue weighted by molar-refractivity contribution is 6.00. The van der Waals surface area contributed by atoms with Crippen LogP contribution in [-0.4, -0.2) is 74.2 Å². The van der Waals surface area contributed by atoms with Gasteiger partial charge < -0.3 is 24.9 Å². The van der Waals surface area contributed by atoms with Crippen LogP contribution in [0.1, 0.15) is 81.2 Å². The van der Waals surface area contributed by atoms with Gasteiger partial charge in [-0.2, -0.15) is 0 Å². The van der Waals surface area contributed by atoms with Crippen LogP contribution in [0.4, 0.5) is 0 Å². The fraction of sp³-hybridized carbons (Fsp3) is 0.515. The Morgan fingerprint density at radius 3 is 2.64 bits per heavy atom. The molecule has 0 unspecified atom stereocenters. The van der Waals surface area contributed by atoms with Crippen molar-refractivity contribution in [2.75, 3.05) is 27.2 Å². The van der Waals surface area contributed by atoms with E-state index in [1.165, 1.54) is 14.0 Å². The normalized spacial score (nSPS) is 22.5. The van der Waals surface area contributed by atoms with Crippen molar-refractivity contribution in [2.24, 2.45) is 24.1 Å². The third-order valence-corrected chi connectivity index (χ3v) is 8.54. The zero-order valence-electron chi connectivity index (χ0n) is 34.3. The Kier molecular flexibility index (Phi) is 5.32. The largest absolute Gasteiger partial charge is 0.494 e. The van der Waals surface area contributed by atoms with Crippen LogP contribution in [-0.2, 0) is 18.4 Å². The standard InChI is InChI=1S/C33H44N8O3/c1-19(35-32(43)33(2,3)4)24-11-10-21-15-26(40(29(21)36-24)17-20-8-9-20)30-37-25-14-22(16-27(44-7)28(25)39(30)6)31(42)41-18-23(34)12-13-38(41)5/h10-11,14-16,19-20,23H,8-9,12-13,17-18,34H2,1-7H3,(H,35,43)/t19-,23-/m1/s1/i2D3,3D3,4D3. The summed E-state index contributed by atoms with van der Waals surface area (Å²) in [5, 5.41) is 6.59. The summed E-state index contributed by atoms with van der Waals surface area (Å²) in [5.41, 5.74) is 5.67. The van der Waals surface area contributed by atoms with Gasteiger partial charge in [0, 0.05) is 61.9 Å². The molecule has 1 aliphatic heterocycles. The van der Waals surface area contributed by atoms with E-state index in [1.54, 1.807) is 29.3 Å². The summed E-state index contributed by atoms with van der Waals surface area (Å²) < 4.78 is 80.7. The van der Waals surface area contributed by atoms with Gasteiger partial charge in [0.05, 0.1) is 36.6 Å². The number of fused-ring (bicyclic) bond motifs is 2. The number of methoxy groups -OCH3 is 1. The average Bonchev–Trinajstić information content (AvgIpc) is 3.72. The lowest BCUT2D eigenvalue weighted by Gasteiger charge is -2.38. The third kappa shape index (κ3) is 5.54. The second kappa shape index (κ2) is 11.2. The molecular formula is C33H44N8O3. The van der Waals surface area contributed by atoms with E-state index in [2.05, 4.69) is 5.32 Å². The number of hydrogen-bond acceptors (Lipinski definition) is 7. The number of imidazole rings is 1. The average molecular weight is 610 g/mol. The van der Waals surface area contributed by atoms with Crippen LogP contribution in [0.3, 0.4) is 0 Å². The number of ether oxygens (including phenoxy) is 1. The first-order chi connectivity index (χ1) is 24.6. The number of nitrogens with two attached hydrogens (primary N) is 1. The van der Waals surface area contributed by atoms with Crippen molar-refractivity contribution in [3.8, 4) is 17.3 Å². The molecule has 3 N–H and O–H groups in total. The van der Waals surface area contributed by atoms with Gasteiger partial charge in [0.25, 0.3) is 5.91 Å². The molecule has 11 nitrogen and oxygen atoms in total. The number of hydrogen-bond donors (Lipinski definition) is 2. The first kappa shape index (κ1) is 20.9. The Labute approximate surface area is 271 Å². The maximum atomic E-state index is 13.7. The van der Waals surface area contributed by atoms with Crippen molar-refractivity contribution in [1.82, 2.24) is 34.4 Å². The van der Waals surface area contributed by atoms with Gasteiger partial charge in [0.15, 0.2) is 5.82 Å². The molecule has 6 rings (SSSR count). The Morgan fingerprint density at radius 1 is 1.16 bits per heavy atom. The number of aryl methyl sites for hydroxylation is 1. The zero-order valence-corrected chi connectivity index (χ0v) is 25.3. The summed E-state index contributed by atoms with van der Waals surface area (Å²) >= 11 is 0. The van der Waals surface area contributed by atoms with Crippen LogP contribution in [0.2, 0.25) is 0 Å². The molecule has 2 fully saturated rings. The van der Waals surface area contributed by atoms with Crippen molar-refractivity contribution in [3.05, 3.63) is 41.6 Å². The maximum Gasteiger partial charge on any atom is 0.268 e. The second-order valence-electron chi connectivity index (χ2n) is 12.0. The quantitative estimate of drug-likeness (QED) is 0.321. The second-order valence-corrected chi connectivity index (χ2v) is 12.0. The minimum atomic E-state index is -3.68. The number of nitrogens with one attached hydrogen (secondary N) is 1. The van der Waals surface area contributed by atoms with Gasteiger partial charge in [-0.25, -0.2) is 15.0 Å². The van der Waals surface area contributed by atoms with Crippen molar-refractivity contribution >= 4 is 33.9 Å². The number of amides is 2. The number of aromatic nitrogens is 4. The van der Waals surface area contributed by atoms with E-state index in [0.29, 0.717) is 59.4 Å². The van der Waals surface area contributed by atoms with Crippen LogP contribution >= 0.6 is 0 Å². The highest BCUT2D eigenvalue weighted by atomic mass is 16.5. The first-order valence-corrected chi connectivity index (χ1v) is 14.7. The van der Waals surface area contributed by atoms with Gasteiger partial charge in [-0.05, 0) is 62.4 Å². The van der Waals surface area contributed by atoms with Gasteiger partial charge in [-0.15, -0.1) is 0 Å². The van der Waals surface area contributed by atoms with Crippen LogP contribution < -0.4 is 15.8 Å². The van der Waals surface area contributed by atoms with E-state index in [1.807, 2.05) is 34.3 Å². The minimum Gasteiger partial charge on any atom is -0.494 e. The number of hydrazine groups is 1. The molecule has 44 heavy (non-hydrogen) atoms. The van der Waals surface area contributed by atoms with E-state index in [4.69, 9.17) is 32.8 Å². The summed E-state index contributed by atoms with van der Waals surface area (Å²) in [4.78, 5) is 37.1. The van der Waals surface area contributed by atoms with Crippen LogP contribution in [0.25, 0.3) is 33.6 Å². The Balaban J connectivity index is 1.41. The SMILES string of the molecule is [2H]C([2H])([2H])C(C(=O)N[C@H](C)c1ccc2cc(-c3nc4cc(C(=O)N5C[C@H](N)CCN5C)cc(OC)c4n3C)n(CC3CC3)c2n1)(C([2H])([2H])[2H])C([2H])([2H])[2H]. The molecule has 11 heteroatoms. The number of benzene rings is 1. The lowest BCUT2D eigenvalue weighted by molar-refractivity contribution is -0.129. The summed E-state index contributed by atoms with van der Waals surface area (Å²) in [6.45, 7) is -7.92. The number of carbonyl (C=O) groups is 2. The predicted molar refractivity (Wildman–Crippen MR) is 171 cm³/mol. The predicted octanol–water partition coefficient (Wildman–Crippen LogP) is 4.25. The molecule has 2 atom stereocenters. The number of rotatable bonds is 7. The van der Waals surface area contributed by atoms with Crippen LogP contribution in [0.15, 0.2) is 30.3 Å². The van der Waals surface area contributed by atoms with E-state index in [9.17, 15) is 9.59 Å². The van der Waals surface area contributed by atoms with Crippen LogP contribution in [0.5, 0.6) is 5.75 Å². The molecule has 1 saturated heterocycles. The fourth-order valence-corrected chi connectivity index (χ4v) is 5.82. The summed E-state index contributed by atoms with van der Waals surface area (Å²) in [5.74, 6) is -0.425. The first-order valence-electron chi connectivity index (χ1n) is 19.2. The molecule has 1 saturated carbocycles. The molecule has 4 heterocycles. The molecular weight excluding hydrogens is 556 g/mol. The molecule has 0 bridgehead atoms. The van der Waals surface area contributed by atoms with Gasteiger partial charge >= 0.3 is 0 Å². The van der Waals surface area contributed by atoms with Gasteiger partial charge in [0.2, 0.25) is 5.91 Å². The summed E-state index contributed by atoms with van der Waals surface area (Å²) in [6, 6.07) is 7.57. The highest BCUT2D eigenvalue weighted by Gasteiger charge is 2.30. The molecule has 1 aromatic carbocycles. The van der Waals surface area contributed by atoms with Gasteiger partial charge in [-0.1, -0.05) is 20.6 Å².